The van der Waals surface area contributed by atoms with Gasteiger partial charge in [0.25, 0.3) is 5.91 Å². The van der Waals surface area contributed by atoms with E-state index in [0.29, 0.717) is 18.4 Å². The second-order valence-electron chi connectivity index (χ2n) is 7.79. The van der Waals surface area contributed by atoms with Gasteiger partial charge in [-0.25, -0.2) is 0 Å². The summed E-state index contributed by atoms with van der Waals surface area (Å²) in [4.78, 5) is 17.4. The summed E-state index contributed by atoms with van der Waals surface area (Å²) in [6, 6.07) is 18.6. The number of nitrogens with two attached hydrogens (primary N) is 1. The maximum absolute atomic E-state index is 13.1. The smallest absolute Gasteiger partial charge is 0.253 e. The Morgan fingerprint density at radius 3 is 2.39 bits per heavy atom. The van der Waals surface area contributed by atoms with Crippen LogP contribution in [-0.2, 0) is 6.54 Å². The minimum Gasteiger partial charge on any atom is -0.338 e. The molecule has 1 fully saturated rings. The second kappa shape index (κ2) is 9.85. The summed E-state index contributed by atoms with van der Waals surface area (Å²) in [5.41, 5.74) is 9.33. The number of rotatable bonds is 8. The number of benzene rings is 2. The lowest BCUT2D eigenvalue weighted by Crippen LogP contribution is -2.30. The van der Waals surface area contributed by atoms with Gasteiger partial charge < -0.3 is 10.6 Å². The third-order valence-corrected chi connectivity index (χ3v) is 5.85. The Morgan fingerprint density at radius 1 is 1.07 bits per heavy atom. The van der Waals surface area contributed by atoms with Gasteiger partial charge in [-0.15, -0.1) is 0 Å². The predicted octanol–water partition coefficient (Wildman–Crippen LogP) is 3.73. The van der Waals surface area contributed by atoms with Crippen molar-refractivity contribution in [2.45, 2.75) is 32.7 Å². The summed E-state index contributed by atoms with van der Waals surface area (Å²) in [6.45, 7) is 9.56. The first-order chi connectivity index (χ1) is 13.7. The van der Waals surface area contributed by atoms with E-state index >= 15 is 0 Å². The zero-order valence-corrected chi connectivity index (χ0v) is 17.2. The van der Waals surface area contributed by atoms with Crippen molar-refractivity contribution < 1.29 is 4.79 Å². The molecule has 2 N–H and O–H groups in total. The molecule has 0 spiro atoms. The van der Waals surface area contributed by atoms with E-state index in [1.165, 1.54) is 11.1 Å². The summed E-state index contributed by atoms with van der Waals surface area (Å²) in [7, 11) is 0. The Balaban J connectivity index is 1.67. The summed E-state index contributed by atoms with van der Waals surface area (Å²) >= 11 is 0. The maximum Gasteiger partial charge on any atom is 0.253 e. The molecular weight excluding hydrogens is 346 g/mol. The largest absolute Gasteiger partial charge is 0.338 e. The van der Waals surface area contributed by atoms with Crippen LogP contribution in [0.5, 0.6) is 0 Å². The quantitative estimate of drug-likeness (QED) is 0.760. The molecule has 1 heterocycles. The average molecular weight is 380 g/mol. The second-order valence-corrected chi connectivity index (χ2v) is 7.79. The molecule has 150 valence electrons. The molecule has 1 aliphatic heterocycles. The minimum absolute atomic E-state index is 0.115. The van der Waals surface area contributed by atoms with Crippen LogP contribution < -0.4 is 5.73 Å². The van der Waals surface area contributed by atoms with E-state index in [9.17, 15) is 4.79 Å². The topological polar surface area (TPSA) is 49.6 Å². The molecule has 1 amide bonds. The van der Waals surface area contributed by atoms with Gasteiger partial charge in [-0.3, -0.25) is 9.69 Å². The molecule has 2 aromatic rings. The molecule has 2 atom stereocenters. The summed E-state index contributed by atoms with van der Waals surface area (Å²) < 4.78 is 0. The van der Waals surface area contributed by atoms with E-state index in [1.54, 1.807) is 0 Å². The zero-order valence-electron chi connectivity index (χ0n) is 17.2. The van der Waals surface area contributed by atoms with Crippen molar-refractivity contribution in [1.29, 1.82) is 0 Å². The molecule has 1 aliphatic rings. The van der Waals surface area contributed by atoms with Crippen molar-refractivity contribution in [3.63, 3.8) is 0 Å². The fraction of sp³-hybridized carbons (Fsp3) is 0.458. The summed E-state index contributed by atoms with van der Waals surface area (Å²) in [5.74, 6) is 0.753. The molecule has 1 saturated heterocycles. The molecule has 2 aromatic carbocycles. The van der Waals surface area contributed by atoms with Crippen LogP contribution in [0.25, 0.3) is 0 Å². The van der Waals surface area contributed by atoms with Crippen LogP contribution in [0.3, 0.4) is 0 Å². The first-order valence-electron chi connectivity index (χ1n) is 10.5. The van der Waals surface area contributed by atoms with Crippen LogP contribution in [-0.4, -0.2) is 48.4 Å². The summed E-state index contributed by atoms with van der Waals surface area (Å²) in [6.07, 6.45) is 1.16. The molecule has 0 aliphatic carbocycles. The molecule has 0 radical (unpaired) electrons. The highest BCUT2D eigenvalue weighted by Crippen LogP contribution is 2.32. The van der Waals surface area contributed by atoms with Gasteiger partial charge in [-0.1, -0.05) is 56.3 Å². The highest BCUT2D eigenvalue weighted by Gasteiger charge is 2.35. The lowest BCUT2D eigenvalue weighted by atomic mass is 9.89. The zero-order chi connectivity index (χ0) is 19.9. The number of carbonyl (C=O) groups excluding carboxylic acids is 1. The van der Waals surface area contributed by atoms with E-state index < -0.39 is 0 Å². The van der Waals surface area contributed by atoms with Crippen molar-refractivity contribution in [2.75, 3.05) is 32.7 Å². The Hall–Kier alpha value is -2.17. The third kappa shape index (κ3) is 4.81. The SMILES string of the molecule is CCCN(CC)Cc1ccc(C(=O)N2C[C@@H](CN)[C@H](c3ccccc3)C2)cc1. The molecule has 0 aromatic heterocycles. The molecule has 4 nitrogen and oxygen atoms in total. The standard InChI is InChI=1S/C24H33N3O/c1-3-14-26(4-2)16-19-10-12-21(13-11-19)24(28)27-17-22(15-25)23(18-27)20-8-6-5-7-9-20/h5-13,22-23H,3-4,14-18,25H2,1-2H3/t22-,23+/m1/s1. The number of amides is 1. The van der Waals surface area contributed by atoms with Gasteiger partial charge in [0, 0.05) is 31.1 Å². The Labute approximate surface area is 169 Å². The van der Waals surface area contributed by atoms with Crippen LogP contribution in [0.4, 0.5) is 0 Å². The maximum atomic E-state index is 13.1. The third-order valence-electron chi connectivity index (χ3n) is 5.85. The Bertz CT molecular complexity index is 744. The van der Waals surface area contributed by atoms with Crippen molar-refractivity contribution in [3.05, 3.63) is 71.3 Å². The van der Waals surface area contributed by atoms with Crippen molar-refractivity contribution in [2.24, 2.45) is 11.7 Å². The average Bonchev–Trinajstić information content (AvgIpc) is 3.18. The Kier molecular flexibility index (Phi) is 7.24. The summed E-state index contributed by atoms with van der Waals surface area (Å²) in [5, 5.41) is 0. The lowest BCUT2D eigenvalue weighted by molar-refractivity contribution is 0.0786. The van der Waals surface area contributed by atoms with Gasteiger partial charge in [0.05, 0.1) is 0 Å². The molecule has 28 heavy (non-hydrogen) atoms. The fourth-order valence-electron chi connectivity index (χ4n) is 4.21. The van der Waals surface area contributed by atoms with Crippen molar-refractivity contribution >= 4 is 5.91 Å². The van der Waals surface area contributed by atoms with Crippen molar-refractivity contribution in [1.82, 2.24) is 9.80 Å². The molecular formula is C24H33N3O. The van der Waals surface area contributed by atoms with Gasteiger partial charge in [-0.2, -0.15) is 0 Å². The van der Waals surface area contributed by atoms with Gasteiger partial charge in [0.2, 0.25) is 0 Å². The number of nitrogens with zero attached hydrogens (tertiary/aromatic N) is 2. The van der Waals surface area contributed by atoms with E-state index in [1.807, 2.05) is 23.1 Å². The highest BCUT2D eigenvalue weighted by atomic mass is 16.2. The molecule has 3 rings (SSSR count). The van der Waals surface area contributed by atoms with Crippen LogP contribution >= 0.6 is 0 Å². The van der Waals surface area contributed by atoms with Gasteiger partial charge in [-0.05, 0) is 55.2 Å². The van der Waals surface area contributed by atoms with E-state index in [0.717, 1.165) is 44.7 Å². The number of carbonyl (C=O) groups is 1. The lowest BCUT2D eigenvalue weighted by Gasteiger charge is -2.20. The first-order valence-corrected chi connectivity index (χ1v) is 10.5. The fourth-order valence-corrected chi connectivity index (χ4v) is 4.21. The Morgan fingerprint density at radius 2 is 1.79 bits per heavy atom. The van der Waals surface area contributed by atoms with Gasteiger partial charge >= 0.3 is 0 Å². The molecule has 0 bridgehead atoms. The molecule has 0 saturated carbocycles. The number of hydrogen-bond donors (Lipinski definition) is 1. The van der Waals surface area contributed by atoms with Crippen LogP contribution in [0.1, 0.15) is 47.7 Å². The molecule has 0 unspecified atom stereocenters. The van der Waals surface area contributed by atoms with Gasteiger partial charge in [0.1, 0.15) is 0 Å². The van der Waals surface area contributed by atoms with E-state index in [2.05, 4.69) is 55.1 Å². The van der Waals surface area contributed by atoms with E-state index in [-0.39, 0.29) is 5.91 Å². The minimum atomic E-state index is 0.115. The first kappa shape index (κ1) is 20.6. The van der Waals surface area contributed by atoms with Crippen molar-refractivity contribution in [3.8, 4) is 0 Å². The molecule has 4 heteroatoms. The van der Waals surface area contributed by atoms with Crippen LogP contribution in [0.15, 0.2) is 54.6 Å². The number of hydrogen-bond acceptors (Lipinski definition) is 3. The normalized spacial score (nSPS) is 19.4. The van der Waals surface area contributed by atoms with Gasteiger partial charge in [0.15, 0.2) is 0 Å². The highest BCUT2D eigenvalue weighted by molar-refractivity contribution is 5.94. The number of likely N-dealkylation sites (tertiary alicyclic amines) is 1. The van der Waals surface area contributed by atoms with Crippen LogP contribution in [0.2, 0.25) is 0 Å². The predicted molar refractivity (Wildman–Crippen MR) is 115 cm³/mol. The van der Waals surface area contributed by atoms with E-state index in [4.69, 9.17) is 5.73 Å². The van der Waals surface area contributed by atoms with Crippen LogP contribution in [0, 0.1) is 5.92 Å². The monoisotopic (exact) mass is 379 g/mol.